The quantitative estimate of drug-likeness (QED) is 0.771. The van der Waals surface area contributed by atoms with Gasteiger partial charge in [0.15, 0.2) is 11.7 Å². The zero-order valence-electron chi connectivity index (χ0n) is 13.2. The van der Waals surface area contributed by atoms with Crippen molar-refractivity contribution in [3.05, 3.63) is 28.1 Å². The van der Waals surface area contributed by atoms with E-state index in [4.69, 9.17) is 9.26 Å². The SMILES string of the molecule is COC(=O)Cc1csc(NC(=O)COC(=O)c2c(C)noc2C)n1. The highest BCUT2D eigenvalue weighted by atomic mass is 32.1. The van der Waals surface area contributed by atoms with Crippen molar-refractivity contribution in [2.45, 2.75) is 20.3 Å². The van der Waals surface area contributed by atoms with E-state index in [1.165, 1.54) is 7.11 Å². The first-order chi connectivity index (χ1) is 11.4. The first-order valence-corrected chi connectivity index (χ1v) is 7.69. The Labute approximate surface area is 140 Å². The van der Waals surface area contributed by atoms with Crippen LogP contribution in [0.2, 0.25) is 0 Å². The van der Waals surface area contributed by atoms with Gasteiger partial charge in [0.2, 0.25) is 0 Å². The number of aromatic nitrogens is 2. The number of methoxy groups -OCH3 is 1. The van der Waals surface area contributed by atoms with Crippen molar-refractivity contribution in [1.29, 1.82) is 0 Å². The van der Waals surface area contributed by atoms with Gasteiger partial charge in [0.05, 0.1) is 24.9 Å². The molecule has 0 radical (unpaired) electrons. The van der Waals surface area contributed by atoms with Crippen LogP contribution in [-0.2, 0) is 25.5 Å². The second-order valence-corrected chi connectivity index (χ2v) is 5.58. The van der Waals surface area contributed by atoms with Crippen LogP contribution in [0.4, 0.5) is 5.13 Å². The van der Waals surface area contributed by atoms with Crippen molar-refractivity contribution in [3.8, 4) is 0 Å². The molecule has 0 spiro atoms. The number of hydrogen-bond acceptors (Lipinski definition) is 9. The van der Waals surface area contributed by atoms with Crippen molar-refractivity contribution in [2.24, 2.45) is 0 Å². The summed E-state index contributed by atoms with van der Waals surface area (Å²) in [5.41, 5.74) is 1.08. The summed E-state index contributed by atoms with van der Waals surface area (Å²) in [5, 5.41) is 8.05. The van der Waals surface area contributed by atoms with Gasteiger partial charge in [0, 0.05) is 5.38 Å². The van der Waals surface area contributed by atoms with E-state index in [1.54, 1.807) is 19.2 Å². The number of carbonyl (C=O) groups excluding carboxylic acids is 3. The molecule has 0 unspecified atom stereocenters. The molecule has 2 aromatic rings. The summed E-state index contributed by atoms with van der Waals surface area (Å²) in [4.78, 5) is 38.9. The van der Waals surface area contributed by atoms with Crippen LogP contribution in [0.5, 0.6) is 0 Å². The molecule has 0 saturated heterocycles. The molecule has 1 amide bonds. The maximum absolute atomic E-state index is 11.9. The van der Waals surface area contributed by atoms with E-state index in [2.05, 4.69) is 20.2 Å². The van der Waals surface area contributed by atoms with Gasteiger partial charge in [-0.3, -0.25) is 14.9 Å². The maximum atomic E-state index is 11.9. The largest absolute Gasteiger partial charge is 0.469 e. The van der Waals surface area contributed by atoms with Crippen LogP contribution < -0.4 is 5.32 Å². The van der Waals surface area contributed by atoms with E-state index in [0.717, 1.165) is 11.3 Å². The highest BCUT2D eigenvalue weighted by Crippen LogP contribution is 2.16. The fourth-order valence-electron chi connectivity index (χ4n) is 1.80. The smallest absolute Gasteiger partial charge is 0.344 e. The fraction of sp³-hybridized carbons (Fsp3) is 0.357. The summed E-state index contributed by atoms with van der Waals surface area (Å²) in [5.74, 6) is -1.34. The molecule has 0 aliphatic heterocycles. The number of thiazole rings is 1. The van der Waals surface area contributed by atoms with Crippen LogP contribution in [0.3, 0.4) is 0 Å². The van der Waals surface area contributed by atoms with E-state index in [9.17, 15) is 14.4 Å². The summed E-state index contributed by atoms with van der Waals surface area (Å²) in [6, 6.07) is 0. The van der Waals surface area contributed by atoms with E-state index in [0.29, 0.717) is 22.3 Å². The van der Waals surface area contributed by atoms with Gasteiger partial charge in [-0.2, -0.15) is 0 Å². The lowest BCUT2D eigenvalue weighted by Crippen LogP contribution is -2.21. The Hall–Kier alpha value is -2.75. The highest BCUT2D eigenvalue weighted by molar-refractivity contribution is 7.13. The number of nitrogens with zero attached hydrogens (tertiary/aromatic N) is 2. The van der Waals surface area contributed by atoms with E-state index < -0.39 is 24.5 Å². The third-order valence-electron chi connectivity index (χ3n) is 2.92. The van der Waals surface area contributed by atoms with E-state index in [-0.39, 0.29) is 12.0 Å². The summed E-state index contributed by atoms with van der Waals surface area (Å²) in [6.45, 7) is 2.70. The lowest BCUT2D eigenvalue weighted by molar-refractivity contribution is -0.139. The molecule has 2 rings (SSSR count). The Morgan fingerprint density at radius 3 is 2.71 bits per heavy atom. The van der Waals surface area contributed by atoms with Gasteiger partial charge in [0.1, 0.15) is 11.3 Å². The third kappa shape index (κ3) is 4.38. The number of esters is 2. The van der Waals surface area contributed by atoms with Gasteiger partial charge in [-0.25, -0.2) is 9.78 Å². The minimum Gasteiger partial charge on any atom is -0.469 e. The Morgan fingerprint density at radius 1 is 1.33 bits per heavy atom. The van der Waals surface area contributed by atoms with Crippen LogP contribution in [0.1, 0.15) is 27.5 Å². The first-order valence-electron chi connectivity index (χ1n) is 6.81. The standard InChI is InChI=1S/C14H15N3O6S/c1-7-12(8(2)23-17-7)13(20)22-5-10(18)16-14-15-9(6-24-14)4-11(19)21-3/h6H,4-5H2,1-3H3,(H,15,16,18). The zero-order chi connectivity index (χ0) is 17.7. The second-order valence-electron chi connectivity index (χ2n) is 4.72. The van der Waals surface area contributed by atoms with E-state index in [1.807, 2.05) is 0 Å². The van der Waals surface area contributed by atoms with Gasteiger partial charge >= 0.3 is 11.9 Å². The summed E-state index contributed by atoms with van der Waals surface area (Å²) in [6.07, 6.45) is 0.0178. The number of anilines is 1. The lowest BCUT2D eigenvalue weighted by Gasteiger charge is -2.04. The van der Waals surface area contributed by atoms with Crippen LogP contribution in [0.15, 0.2) is 9.90 Å². The minimum atomic E-state index is -0.688. The fourth-order valence-corrected chi connectivity index (χ4v) is 2.53. The topological polar surface area (TPSA) is 121 Å². The molecule has 0 aliphatic rings. The summed E-state index contributed by atoms with van der Waals surface area (Å²) < 4.78 is 14.3. The molecule has 0 atom stereocenters. The molecule has 24 heavy (non-hydrogen) atoms. The van der Waals surface area contributed by atoms with Crippen LogP contribution in [-0.4, -0.2) is 41.7 Å². The van der Waals surface area contributed by atoms with Crippen molar-refractivity contribution in [3.63, 3.8) is 0 Å². The average molecular weight is 353 g/mol. The monoisotopic (exact) mass is 353 g/mol. The first kappa shape index (κ1) is 17.6. The molecule has 128 valence electrons. The highest BCUT2D eigenvalue weighted by Gasteiger charge is 2.20. The molecular weight excluding hydrogens is 338 g/mol. The van der Waals surface area contributed by atoms with Gasteiger partial charge in [-0.05, 0) is 13.8 Å². The third-order valence-corrected chi connectivity index (χ3v) is 3.73. The number of rotatable bonds is 6. The second kappa shape index (κ2) is 7.68. The molecule has 0 fully saturated rings. The van der Waals surface area contributed by atoms with Gasteiger partial charge in [-0.1, -0.05) is 5.16 Å². The molecule has 10 heteroatoms. The van der Waals surface area contributed by atoms with Gasteiger partial charge in [-0.15, -0.1) is 11.3 Å². The molecule has 1 N–H and O–H groups in total. The number of amides is 1. The van der Waals surface area contributed by atoms with E-state index >= 15 is 0 Å². The lowest BCUT2D eigenvalue weighted by atomic mass is 10.2. The van der Waals surface area contributed by atoms with Crippen LogP contribution >= 0.6 is 11.3 Å². The normalized spacial score (nSPS) is 10.3. The molecule has 2 aromatic heterocycles. The van der Waals surface area contributed by atoms with Crippen molar-refractivity contribution < 1.29 is 28.4 Å². The summed E-state index contributed by atoms with van der Waals surface area (Å²) >= 11 is 1.15. The molecule has 9 nitrogen and oxygen atoms in total. The Bertz CT molecular complexity index is 747. The Kier molecular flexibility index (Phi) is 5.64. The van der Waals surface area contributed by atoms with Crippen LogP contribution in [0, 0.1) is 13.8 Å². The predicted octanol–water partition coefficient (Wildman–Crippen LogP) is 1.26. The van der Waals surface area contributed by atoms with Crippen LogP contribution in [0.25, 0.3) is 0 Å². The summed E-state index contributed by atoms with van der Waals surface area (Å²) in [7, 11) is 1.28. The van der Waals surface area contributed by atoms with Crippen molar-refractivity contribution in [1.82, 2.24) is 10.1 Å². The molecular formula is C14H15N3O6S. The molecule has 0 bridgehead atoms. The van der Waals surface area contributed by atoms with Crippen molar-refractivity contribution in [2.75, 3.05) is 19.0 Å². The molecule has 0 aromatic carbocycles. The zero-order valence-corrected chi connectivity index (χ0v) is 14.1. The molecule has 2 heterocycles. The van der Waals surface area contributed by atoms with Gasteiger partial charge < -0.3 is 14.0 Å². The predicted molar refractivity (Wildman–Crippen MR) is 82.7 cm³/mol. The Balaban J connectivity index is 1.85. The Morgan fingerprint density at radius 2 is 2.08 bits per heavy atom. The average Bonchev–Trinajstić information content (AvgIpc) is 3.11. The maximum Gasteiger partial charge on any atom is 0.344 e. The molecule has 0 saturated carbocycles. The number of carbonyl (C=O) groups is 3. The van der Waals surface area contributed by atoms with Crippen molar-refractivity contribution >= 4 is 34.3 Å². The number of aryl methyl sites for hydroxylation is 2. The number of ether oxygens (including phenoxy) is 2. The molecule has 0 aliphatic carbocycles. The number of hydrogen-bond donors (Lipinski definition) is 1. The number of nitrogens with one attached hydrogen (secondary N) is 1. The van der Waals surface area contributed by atoms with Gasteiger partial charge in [0.25, 0.3) is 5.91 Å². The minimum absolute atomic E-state index is 0.0178.